The largest absolute Gasteiger partial charge is 0.483 e. The predicted octanol–water partition coefficient (Wildman–Crippen LogP) is 8.85. The van der Waals surface area contributed by atoms with E-state index in [0.717, 1.165) is 54.2 Å². The third-order valence-corrected chi connectivity index (χ3v) is 14.3. The van der Waals surface area contributed by atoms with Crippen molar-refractivity contribution in [2.45, 2.75) is 67.1 Å². The maximum Gasteiger partial charge on any atom is 0.312 e. The summed E-state index contributed by atoms with van der Waals surface area (Å²) < 4.78 is 62.4. The van der Waals surface area contributed by atoms with Crippen LogP contribution in [0.15, 0.2) is 114 Å². The van der Waals surface area contributed by atoms with E-state index in [4.69, 9.17) is 14.2 Å². The van der Waals surface area contributed by atoms with Crippen molar-refractivity contribution in [2.24, 2.45) is 0 Å². The number of halogens is 1. The number of piperidine rings is 1. The van der Waals surface area contributed by atoms with Crippen molar-refractivity contribution in [3.8, 4) is 28.4 Å². The highest BCUT2D eigenvalue weighted by molar-refractivity contribution is 7.90. The number of hydrogen-bond acceptors (Lipinski definition) is 11. The number of nitrogens with zero attached hydrogens (tertiary/aromatic N) is 4. The van der Waals surface area contributed by atoms with E-state index in [1.807, 2.05) is 18.2 Å². The molecule has 4 fully saturated rings. The second kappa shape index (κ2) is 17.0. The number of nitro benzene ring substituents is 1. The number of aromatic amines is 1. The molecule has 330 valence electrons. The van der Waals surface area contributed by atoms with E-state index in [-0.39, 0.29) is 35.9 Å². The summed E-state index contributed by atoms with van der Waals surface area (Å²) >= 11 is 0. The van der Waals surface area contributed by atoms with Gasteiger partial charge >= 0.3 is 5.69 Å². The molecule has 14 nitrogen and oxygen atoms in total. The topological polar surface area (TPSA) is 169 Å². The van der Waals surface area contributed by atoms with Gasteiger partial charge in [0, 0.05) is 43.0 Å². The number of carbonyl (C=O) groups excluding carboxylic acids is 1. The third kappa shape index (κ3) is 8.52. The van der Waals surface area contributed by atoms with Gasteiger partial charge in [0.25, 0.3) is 15.9 Å². The molecule has 2 aromatic heterocycles. The molecule has 5 heterocycles. The number of anilines is 1. The molecule has 16 heteroatoms. The zero-order valence-corrected chi connectivity index (χ0v) is 35.8. The van der Waals surface area contributed by atoms with Crippen LogP contribution in [0, 0.1) is 10.1 Å². The summed E-state index contributed by atoms with van der Waals surface area (Å²) in [6.45, 7) is 2.76. The summed E-state index contributed by atoms with van der Waals surface area (Å²) in [5, 5.41) is 12.9. The quantitative estimate of drug-likeness (QED) is 0.0792. The molecule has 2 N–H and O–H groups in total. The van der Waals surface area contributed by atoms with E-state index in [1.165, 1.54) is 36.2 Å². The summed E-state index contributed by atoms with van der Waals surface area (Å²) in [4.78, 5) is 36.8. The molecule has 0 unspecified atom stereocenters. The van der Waals surface area contributed by atoms with Gasteiger partial charge in [-0.15, -0.1) is 0 Å². The second-order valence-electron chi connectivity index (χ2n) is 17.2. The van der Waals surface area contributed by atoms with Crippen molar-refractivity contribution in [1.29, 1.82) is 0 Å². The van der Waals surface area contributed by atoms with Crippen LogP contribution in [0.2, 0.25) is 0 Å². The van der Waals surface area contributed by atoms with E-state index < -0.39 is 43.7 Å². The van der Waals surface area contributed by atoms with Gasteiger partial charge in [0.15, 0.2) is 5.75 Å². The van der Waals surface area contributed by atoms with E-state index in [0.29, 0.717) is 55.2 Å². The van der Waals surface area contributed by atoms with Crippen molar-refractivity contribution in [3.05, 3.63) is 136 Å². The van der Waals surface area contributed by atoms with E-state index in [9.17, 15) is 23.3 Å². The zero-order valence-electron chi connectivity index (χ0n) is 35.0. The molecule has 4 aromatic carbocycles. The zero-order chi connectivity index (χ0) is 44.0. The van der Waals surface area contributed by atoms with Gasteiger partial charge in [-0.2, -0.15) is 0 Å². The third-order valence-electron chi connectivity index (χ3n) is 13.0. The summed E-state index contributed by atoms with van der Waals surface area (Å²) in [5.74, 6) is -0.290. The molecular formula is C48H47FN6O8S. The second-order valence-corrected chi connectivity index (χ2v) is 18.9. The lowest BCUT2D eigenvalue weighted by Crippen LogP contribution is -2.55. The molecule has 0 spiro atoms. The number of amides is 1. The minimum atomic E-state index is -4.68. The maximum absolute atomic E-state index is 15.7. The standard InChI is InChI=1S/C48H47FN6O8S/c49-48(18-22-53(23-19-48)36-28-61-29-36)30-62-44-16-14-38(26-43(44)55(57)58)64(59,60)52-47(56)41-15-11-33(25-45(41)63-37-24-34-17-20-50-46(34)51-27-37)31-9-12-35(13-10-31)54-21-3-6-42(54)40-5-2-1-4-39(40)32-7-8-32/h1-2,4-5,9-17,20,24-27,32,36,42H,3,6-8,18-19,21-23,28-30H2,(H,50,51)(H,52,56)/t42-/m1/s1. The van der Waals surface area contributed by atoms with Crippen LogP contribution in [0.3, 0.4) is 0 Å². The fourth-order valence-electron chi connectivity index (χ4n) is 9.14. The Hall–Kier alpha value is -6.36. The van der Waals surface area contributed by atoms with Crippen molar-refractivity contribution in [3.63, 3.8) is 0 Å². The molecule has 3 saturated heterocycles. The first-order valence-electron chi connectivity index (χ1n) is 21.7. The number of pyridine rings is 1. The van der Waals surface area contributed by atoms with Crippen LogP contribution in [0.4, 0.5) is 15.8 Å². The molecular weight excluding hydrogens is 840 g/mol. The first-order chi connectivity index (χ1) is 31.0. The Kier molecular flexibility index (Phi) is 11.0. The Morgan fingerprint density at radius 2 is 1.69 bits per heavy atom. The van der Waals surface area contributed by atoms with Crippen molar-refractivity contribution in [1.82, 2.24) is 19.6 Å². The van der Waals surface area contributed by atoms with Gasteiger partial charge in [-0.3, -0.25) is 19.8 Å². The number of nitrogens with one attached hydrogen (secondary N) is 2. The van der Waals surface area contributed by atoms with Gasteiger partial charge in [0.05, 0.1) is 46.9 Å². The molecule has 0 bridgehead atoms. The highest BCUT2D eigenvalue weighted by atomic mass is 32.2. The molecule has 10 rings (SSSR count). The van der Waals surface area contributed by atoms with E-state index in [1.54, 1.807) is 24.4 Å². The normalized spacial score (nSPS) is 19.0. The molecule has 64 heavy (non-hydrogen) atoms. The Bertz CT molecular complexity index is 2840. The van der Waals surface area contributed by atoms with E-state index >= 15 is 4.39 Å². The van der Waals surface area contributed by atoms with Gasteiger partial charge < -0.3 is 24.1 Å². The van der Waals surface area contributed by atoms with Gasteiger partial charge in [0.1, 0.15) is 29.4 Å². The monoisotopic (exact) mass is 886 g/mol. The van der Waals surface area contributed by atoms with Gasteiger partial charge in [-0.25, -0.2) is 22.5 Å². The Morgan fingerprint density at radius 1 is 0.922 bits per heavy atom. The molecule has 0 radical (unpaired) electrons. The average molecular weight is 887 g/mol. The van der Waals surface area contributed by atoms with Crippen LogP contribution in [0.5, 0.6) is 17.2 Å². The summed E-state index contributed by atoms with van der Waals surface area (Å²) in [7, 11) is -4.68. The summed E-state index contributed by atoms with van der Waals surface area (Å²) in [6, 6.07) is 29.1. The smallest absolute Gasteiger partial charge is 0.312 e. The maximum atomic E-state index is 15.7. The molecule has 3 aliphatic heterocycles. The fraction of sp³-hybridized carbons (Fsp3) is 0.333. The highest BCUT2D eigenvalue weighted by Gasteiger charge is 2.40. The van der Waals surface area contributed by atoms with Crippen LogP contribution in [0.25, 0.3) is 22.2 Å². The molecule has 1 saturated carbocycles. The lowest BCUT2D eigenvalue weighted by molar-refractivity contribution is -0.386. The number of fused-ring (bicyclic) bond motifs is 1. The number of alkyl halides is 1. The number of H-pyrrole nitrogens is 1. The molecule has 1 atom stereocenters. The number of sulfonamides is 1. The summed E-state index contributed by atoms with van der Waals surface area (Å²) in [5.41, 5.74) is 3.69. The number of nitro groups is 1. The number of carbonyl (C=O) groups is 1. The van der Waals surface area contributed by atoms with Crippen LogP contribution in [-0.2, 0) is 14.8 Å². The Morgan fingerprint density at radius 3 is 2.42 bits per heavy atom. The lowest BCUT2D eigenvalue weighted by Gasteiger charge is -2.43. The fourth-order valence-corrected chi connectivity index (χ4v) is 10.1. The molecule has 1 amide bonds. The predicted molar refractivity (Wildman–Crippen MR) is 238 cm³/mol. The van der Waals surface area contributed by atoms with Crippen LogP contribution in [0.1, 0.15) is 72.0 Å². The van der Waals surface area contributed by atoms with Gasteiger partial charge in [0.2, 0.25) is 0 Å². The number of benzene rings is 4. The number of likely N-dealkylation sites (tertiary alicyclic amines) is 1. The molecule has 6 aromatic rings. The van der Waals surface area contributed by atoms with Crippen molar-refractivity contribution in [2.75, 3.05) is 44.4 Å². The highest BCUT2D eigenvalue weighted by Crippen LogP contribution is 2.47. The van der Waals surface area contributed by atoms with E-state index in [2.05, 4.69) is 60.9 Å². The number of hydrogen-bond donors (Lipinski definition) is 2. The number of aromatic nitrogens is 2. The van der Waals surface area contributed by atoms with Crippen molar-refractivity contribution >= 4 is 38.3 Å². The molecule has 4 aliphatic rings. The molecule has 1 aliphatic carbocycles. The van der Waals surface area contributed by atoms with Gasteiger partial charge in [-0.05, 0) is 115 Å². The number of ether oxygens (including phenoxy) is 3. The average Bonchev–Trinajstić information content (AvgIpc) is 3.82. The van der Waals surface area contributed by atoms with Gasteiger partial charge in [-0.1, -0.05) is 42.5 Å². The minimum absolute atomic E-state index is 0.0592. The Labute approximate surface area is 369 Å². The van der Waals surface area contributed by atoms with Crippen LogP contribution in [-0.4, -0.2) is 85.3 Å². The SMILES string of the molecule is O=C(NS(=O)(=O)c1ccc(OCC2(F)CCN(C3COC3)CC2)c([N+](=O)[O-])c1)c1ccc(-c2ccc(N3CCC[C@@H]3c3ccccc3C3CC3)cc2)cc1Oc1cnc2[nH]ccc2c1. The first-order valence-corrected chi connectivity index (χ1v) is 23.2. The number of rotatable bonds is 14. The van der Waals surface area contributed by atoms with Crippen molar-refractivity contribution < 1.29 is 36.7 Å². The Balaban J connectivity index is 0.884. The summed E-state index contributed by atoms with van der Waals surface area (Å²) in [6.07, 6.45) is 8.27. The van der Waals surface area contributed by atoms with Crippen LogP contribution >= 0.6 is 0 Å². The first kappa shape index (κ1) is 41.6. The lowest BCUT2D eigenvalue weighted by atomic mass is 9.93. The van der Waals surface area contributed by atoms with Crippen LogP contribution < -0.4 is 19.1 Å². The minimum Gasteiger partial charge on any atom is -0.483 e.